The first kappa shape index (κ1) is 11.2. The van der Waals surface area contributed by atoms with Gasteiger partial charge in [-0.1, -0.05) is 30.1 Å². The first-order valence-electron chi connectivity index (χ1n) is 5.09. The molecule has 0 amide bonds. The highest BCUT2D eigenvalue weighted by Crippen LogP contribution is 2.39. The van der Waals surface area contributed by atoms with E-state index < -0.39 is 0 Å². The molecule has 0 aromatic heterocycles. The lowest BCUT2D eigenvalue weighted by Gasteiger charge is -2.22. The molecule has 0 saturated heterocycles. The third kappa shape index (κ3) is 1.87. The first-order valence-corrected chi connectivity index (χ1v) is 5.85. The predicted molar refractivity (Wildman–Crippen MR) is 64.3 cm³/mol. The lowest BCUT2D eigenvalue weighted by atomic mass is 10.0. The van der Waals surface area contributed by atoms with Crippen molar-refractivity contribution in [2.75, 3.05) is 13.1 Å². The minimum absolute atomic E-state index is 0.245. The van der Waals surface area contributed by atoms with Gasteiger partial charge in [0, 0.05) is 29.2 Å². The molecule has 0 spiro atoms. The molecular formula is C11H14Cl2N2. The molecule has 1 heterocycles. The Kier molecular flexibility index (Phi) is 3.21. The quantitative estimate of drug-likeness (QED) is 0.868. The molecule has 1 unspecified atom stereocenters. The van der Waals surface area contributed by atoms with Crippen molar-refractivity contribution < 1.29 is 0 Å². The predicted octanol–water partition coefficient (Wildman–Crippen LogP) is 2.83. The van der Waals surface area contributed by atoms with Crippen molar-refractivity contribution in [1.29, 1.82) is 0 Å². The SMILES string of the molecule is CCN1Cc2cc(Cl)cc(Cl)c2C1CN. The number of nitrogens with zero attached hydrogens (tertiary/aromatic N) is 1. The molecule has 0 saturated carbocycles. The number of halogens is 2. The summed E-state index contributed by atoms with van der Waals surface area (Å²) in [7, 11) is 0. The lowest BCUT2D eigenvalue weighted by molar-refractivity contribution is 0.232. The zero-order valence-corrected chi connectivity index (χ0v) is 10.1. The average Bonchev–Trinajstić information content (AvgIpc) is 2.55. The fraction of sp³-hybridized carbons (Fsp3) is 0.455. The highest BCUT2D eigenvalue weighted by molar-refractivity contribution is 6.35. The van der Waals surface area contributed by atoms with Crippen LogP contribution in [0.2, 0.25) is 10.0 Å². The van der Waals surface area contributed by atoms with E-state index in [0.717, 1.165) is 23.7 Å². The molecule has 15 heavy (non-hydrogen) atoms. The molecule has 1 aliphatic heterocycles. The van der Waals surface area contributed by atoms with E-state index in [0.29, 0.717) is 11.6 Å². The summed E-state index contributed by atoms with van der Waals surface area (Å²) in [5.41, 5.74) is 8.16. The van der Waals surface area contributed by atoms with Gasteiger partial charge in [0.2, 0.25) is 0 Å². The van der Waals surface area contributed by atoms with Crippen LogP contribution in [0.1, 0.15) is 24.1 Å². The summed E-state index contributed by atoms with van der Waals surface area (Å²) in [6.45, 7) is 4.60. The molecule has 2 rings (SSSR count). The zero-order valence-electron chi connectivity index (χ0n) is 8.63. The Balaban J connectivity index is 2.47. The summed E-state index contributed by atoms with van der Waals surface area (Å²) in [6.07, 6.45) is 0. The van der Waals surface area contributed by atoms with E-state index in [1.807, 2.05) is 6.07 Å². The van der Waals surface area contributed by atoms with Crippen LogP contribution in [0.3, 0.4) is 0 Å². The third-order valence-electron chi connectivity index (χ3n) is 2.96. The number of benzene rings is 1. The van der Waals surface area contributed by atoms with Gasteiger partial charge in [0.25, 0.3) is 0 Å². The smallest absolute Gasteiger partial charge is 0.0491 e. The summed E-state index contributed by atoms with van der Waals surface area (Å²) < 4.78 is 0. The first-order chi connectivity index (χ1) is 7.17. The molecule has 82 valence electrons. The van der Waals surface area contributed by atoms with Crippen LogP contribution in [0, 0.1) is 0 Å². The molecule has 1 aromatic rings. The zero-order chi connectivity index (χ0) is 11.0. The monoisotopic (exact) mass is 244 g/mol. The Morgan fingerprint density at radius 2 is 2.20 bits per heavy atom. The van der Waals surface area contributed by atoms with Crippen LogP contribution in [-0.4, -0.2) is 18.0 Å². The van der Waals surface area contributed by atoms with Crippen LogP contribution in [0.15, 0.2) is 12.1 Å². The Bertz CT molecular complexity index is 379. The second-order valence-corrected chi connectivity index (χ2v) is 4.62. The van der Waals surface area contributed by atoms with Crippen molar-refractivity contribution in [2.45, 2.75) is 19.5 Å². The molecule has 0 radical (unpaired) electrons. The molecule has 0 fully saturated rings. The van der Waals surface area contributed by atoms with Crippen LogP contribution in [0.5, 0.6) is 0 Å². The van der Waals surface area contributed by atoms with Gasteiger partial charge in [0.05, 0.1) is 0 Å². The van der Waals surface area contributed by atoms with Crippen molar-refractivity contribution in [3.63, 3.8) is 0 Å². The van der Waals surface area contributed by atoms with E-state index in [9.17, 15) is 0 Å². The maximum Gasteiger partial charge on any atom is 0.0491 e. The second kappa shape index (κ2) is 4.30. The van der Waals surface area contributed by atoms with Crippen LogP contribution in [0.4, 0.5) is 0 Å². The standard InChI is InChI=1S/C11H14Cl2N2/c1-2-15-6-7-3-8(12)4-9(13)11(7)10(15)5-14/h3-4,10H,2,5-6,14H2,1H3. The Hall–Kier alpha value is -0.280. The highest BCUT2D eigenvalue weighted by atomic mass is 35.5. The largest absolute Gasteiger partial charge is 0.329 e. The van der Waals surface area contributed by atoms with Gasteiger partial charge < -0.3 is 5.73 Å². The van der Waals surface area contributed by atoms with E-state index in [1.165, 1.54) is 5.56 Å². The van der Waals surface area contributed by atoms with Crippen LogP contribution < -0.4 is 5.73 Å². The fourth-order valence-electron chi connectivity index (χ4n) is 2.25. The minimum atomic E-state index is 0.245. The van der Waals surface area contributed by atoms with Crippen LogP contribution in [0.25, 0.3) is 0 Å². The summed E-state index contributed by atoms with van der Waals surface area (Å²) in [5, 5.41) is 1.44. The van der Waals surface area contributed by atoms with Gasteiger partial charge in [0.15, 0.2) is 0 Å². The Morgan fingerprint density at radius 3 is 2.80 bits per heavy atom. The summed E-state index contributed by atoms with van der Waals surface area (Å²) in [5.74, 6) is 0. The molecule has 1 aromatic carbocycles. The van der Waals surface area contributed by atoms with E-state index >= 15 is 0 Å². The summed E-state index contributed by atoms with van der Waals surface area (Å²) in [4.78, 5) is 2.31. The summed E-state index contributed by atoms with van der Waals surface area (Å²) >= 11 is 12.2. The summed E-state index contributed by atoms with van der Waals surface area (Å²) in [6, 6.07) is 4.03. The Morgan fingerprint density at radius 1 is 1.47 bits per heavy atom. The van der Waals surface area contributed by atoms with Gasteiger partial charge in [-0.3, -0.25) is 4.90 Å². The van der Waals surface area contributed by atoms with E-state index in [4.69, 9.17) is 28.9 Å². The molecule has 0 aliphatic carbocycles. The number of fused-ring (bicyclic) bond motifs is 1. The van der Waals surface area contributed by atoms with E-state index in [2.05, 4.69) is 11.8 Å². The van der Waals surface area contributed by atoms with Gasteiger partial charge in [0.1, 0.15) is 0 Å². The van der Waals surface area contributed by atoms with Crippen LogP contribution >= 0.6 is 23.2 Å². The van der Waals surface area contributed by atoms with E-state index in [1.54, 1.807) is 6.07 Å². The molecular weight excluding hydrogens is 231 g/mol. The molecule has 2 N–H and O–H groups in total. The van der Waals surface area contributed by atoms with Crippen molar-refractivity contribution in [2.24, 2.45) is 5.73 Å². The number of likely N-dealkylation sites (N-methyl/N-ethyl adjacent to an activating group) is 1. The normalized spacial score (nSPS) is 20.7. The number of hydrogen-bond donors (Lipinski definition) is 1. The second-order valence-electron chi connectivity index (χ2n) is 3.78. The molecule has 0 bridgehead atoms. The van der Waals surface area contributed by atoms with Crippen molar-refractivity contribution >= 4 is 23.2 Å². The average molecular weight is 245 g/mol. The van der Waals surface area contributed by atoms with Crippen molar-refractivity contribution in [3.05, 3.63) is 33.3 Å². The maximum absolute atomic E-state index is 6.20. The number of nitrogens with two attached hydrogens (primary N) is 1. The van der Waals surface area contributed by atoms with Gasteiger partial charge in [-0.25, -0.2) is 0 Å². The third-order valence-corrected chi connectivity index (χ3v) is 3.49. The van der Waals surface area contributed by atoms with Crippen molar-refractivity contribution in [1.82, 2.24) is 4.90 Å². The Labute approximate surface area is 100.0 Å². The molecule has 1 atom stereocenters. The van der Waals surface area contributed by atoms with Crippen molar-refractivity contribution in [3.8, 4) is 0 Å². The minimum Gasteiger partial charge on any atom is -0.329 e. The maximum atomic E-state index is 6.20. The molecule has 2 nitrogen and oxygen atoms in total. The topological polar surface area (TPSA) is 29.3 Å². The fourth-order valence-corrected chi connectivity index (χ4v) is 2.91. The van der Waals surface area contributed by atoms with Gasteiger partial charge in [-0.05, 0) is 29.8 Å². The number of hydrogen-bond acceptors (Lipinski definition) is 2. The van der Waals surface area contributed by atoms with E-state index in [-0.39, 0.29) is 6.04 Å². The van der Waals surface area contributed by atoms with Gasteiger partial charge in [-0.15, -0.1) is 0 Å². The van der Waals surface area contributed by atoms with Crippen LogP contribution in [-0.2, 0) is 6.54 Å². The lowest BCUT2D eigenvalue weighted by Crippen LogP contribution is -2.27. The molecule has 1 aliphatic rings. The van der Waals surface area contributed by atoms with Gasteiger partial charge >= 0.3 is 0 Å². The number of rotatable bonds is 2. The molecule has 4 heteroatoms. The highest BCUT2D eigenvalue weighted by Gasteiger charge is 2.30. The van der Waals surface area contributed by atoms with Gasteiger partial charge in [-0.2, -0.15) is 0 Å².